The molecule has 0 fully saturated rings. The Morgan fingerprint density at radius 3 is 2.41 bits per heavy atom. The van der Waals surface area contributed by atoms with E-state index in [9.17, 15) is 9.90 Å². The lowest BCUT2D eigenvalue weighted by Gasteiger charge is -2.11. The summed E-state index contributed by atoms with van der Waals surface area (Å²) in [6.45, 7) is 4.13. The van der Waals surface area contributed by atoms with E-state index in [4.69, 9.17) is 0 Å². The van der Waals surface area contributed by atoms with E-state index in [1.165, 1.54) is 7.11 Å². The maximum absolute atomic E-state index is 11.6. The summed E-state index contributed by atoms with van der Waals surface area (Å²) >= 11 is 0. The highest BCUT2D eigenvalue weighted by Gasteiger charge is 2.16. The van der Waals surface area contributed by atoms with Gasteiger partial charge in [0.1, 0.15) is 11.3 Å². The lowest BCUT2D eigenvalue weighted by atomic mass is 9.98. The van der Waals surface area contributed by atoms with Crippen molar-refractivity contribution in [3.63, 3.8) is 0 Å². The third kappa shape index (κ3) is 3.22. The molecule has 0 aromatic heterocycles. The number of phenolic OH excluding ortho intramolecular Hbond substituents is 1. The van der Waals surface area contributed by atoms with E-state index in [1.807, 2.05) is 13.0 Å². The Labute approximate surface area is 102 Å². The highest BCUT2D eigenvalue weighted by atomic mass is 16.5. The molecular formula is C14H20O3. The van der Waals surface area contributed by atoms with Crippen molar-refractivity contribution >= 4 is 5.97 Å². The minimum atomic E-state index is -0.474. The predicted molar refractivity (Wildman–Crippen MR) is 67.4 cm³/mol. The number of aromatic hydroxyl groups is 1. The molecule has 0 aliphatic rings. The molecule has 0 radical (unpaired) electrons. The van der Waals surface area contributed by atoms with E-state index in [0.717, 1.165) is 36.8 Å². The van der Waals surface area contributed by atoms with Gasteiger partial charge in [0.25, 0.3) is 0 Å². The van der Waals surface area contributed by atoms with E-state index in [1.54, 1.807) is 6.07 Å². The Morgan fingerprint density at radius 2 is 1.88 bits per heavy atom. The average molecular weight is 236 g/mol. The molecule has 0 aliphatic heterocycles. The molecule has 17 heavy (non-hydrogen) atoms. The second-order valence-corrected chi connectivity index (χ2v) is 4.14. The zero-order chi connectivity index (χ0) is 12.8. The molecule has 0 saturated carbocycles. The number of phenols is 1. The monoisotopic (exact) mass is 236 g/mol. The highest BCUT2D eigenvalue weighted by molar-refractivity contribution is 5.93. The molecule has 1 aromatic rings. The Kier molecular flexibility index (Phi) is 5.01. The first-order valence-electron chi connectivity index (χ1n) is 6.07. The van der Waals surface area contributed by atoms with Crippen molar-refractivity contribution in [2.45, 2.75) is 39.5 Å². The maximum atomic E-state index is 11.6. The fourth-order valence-electron chi connectivity index (χ4n) is 1.92. The zero-order valence-electron chi connectivity index (χ0n) is 10.7. The Bertz CT molecular complexity index is 397. The van der Waals surface area contributed by atoms with E-state index >= 15 is 0 Å². The van der Waals surface area contributed by atoms with Gasteiger partial charge in [0.15, 0.2) is 0 Å². The number of carbonyl (C=O) groups excluding carboxylic acids is 1. The quantitative estimate of drug-likeness (QED) is 0.799. The standard InChI is InChI=1S/C14H20O3/c1-4-6-10-8-11(7-5-2)13(15)12(9-10)14(16)17-3/h8-9,15H,4-7H2,1-3H3. The molecule has 0 aliphatic carbocycles. The number of esters is 1. The van der Waals surface area contributed by atoms with Crippen molar-refractivity contribution < 1.29 is 14.6 Å². The lowest BCUT2D eigenvalue weighted by molar-refractivity contribution is 0.0597. The van der Waals surface area contributed by atoms with Crippen molar-refractivity contribution in [3.8, 4) is 5.75 Å². The van der Waals surface area contributed by atoms with Crippen LogP contribution < -0.4 is 0 Å². The number of carbonyl (C=O) groups is 1. The maximum Gasteiger partial charge on any atom is 0.341 e. The third-order valence-corrected chi connectivity index (χ3v) is 2.71. The first-order valence-corrected chi connectivity index (χ1v) is 6.07. The van der Waals surface area contributed by atoms with Crippen LogP contribution in [0.1, 0.15) is 48.2 Å². The normalized spacial score (nSPS) is 10.3. The zero-order valence-corrected chi connectivity index (χ0v) is 10.7. The fourth-order valence-corrected chi connectivity index (χ4v) is 1.92. The van der Waals surface area contributed by atoms with E-state index < -0.39 is 5.97 Å². The molecule has 1 aromatic carbocycles. The minimum Gasteiger partial charge on any atom is -0.507 e. The molecule has 94 valence electrons. The average Bonchev–Trinajstić information content (AvgIpc) is 2.32. The fraction of sp³-hybridized carbons (Fsp3) is 0.500. The van der Waals surface area contributed by atoms with Crippen LogP contribution in [0.2, 0.25) is 0 Å². The van der Waals surface area contributed by atoms with Crippen molar-refractivity contribution in [2.75, 3.05) is 7.11 Å². The Morgan fingerprint density at radius 1 is 1.24 bits per heavy atom. The van der Waals surface area contributed by atoms with Crippen LogP contribution in [-0.2, 0) is 17.6 Å². The Balaban J connectivity index is 3.21. The van der Waals surface area contributed by atoms with Gasteiger partial charge in [-0.05, 0) is 30.0 Å². The number of methoxy groups -OCH3 is 1. The van der Waals surface area contributed by atoms with Crippen molar-refractivity contribution in [1.29, 1.82) is 0 Å². The van der Waals surface area contributed by atoms with Gasteiger partial charge in [-0.15, -0.1) is 0 Å². The van der Waals surface area contributed by atoms with Gasteiger partial charge in [0, 0.05) is 0 Å². The summed E-state index contributed by atoms with van der Waals surface area (Å²) in [7, 11) is 1.33. The van der Waals surface area contributed by atoms with E-state index in [0.29, 0.717) is 0 Å². The molecule has 0 saturated heterocycles. The summed E-state index contributed by atoms with van der Waals surface area (Å²) in [6.07, 6.45) is 3.62. The van der Waals surface area contributed by atoms with Gasteiger partial charge in [-0.25, -0.2) is 4.79 Å². The smallest absolute Gasteiger partial charge is 0.341 e. The van der Waals surface area contributed by atoms with Crippen LogP contribution in [0.25, 0.3) is 0 Å². The van der Waals surface area contributed by atoms with Crippen LogP contribution in [0, 0.1) is 0 Å². The molecule has 3 heteroatoms. The molecule has 0 spiro atoms. The molecule has 1 rings (SSSR count). The van der Waals surface area contributed by atoms with Crippen LogP contribution >= 0.6 is 0 Å². The van der Waals surface area contributed by atoms with Crippen molar-refractivity contribution in [2.24, 2.45) is 0 Å². The number of rotatable bonds is 5. The van der Waals surface area contributed by atoms with Crippen molar-refractivity contribution in [1.82, 2.24) is 0 Å². The van der Waals surface area contributed by atoms with Crippen LogP contribution in [0.4, 0.5) is 0 Å². The number of benzene rings is 1. The molecule has 1 N–H and O–H groups in total. The summed E-state index contributed by atoms with van der Waals surface area (Å²) in [5.41, 5.74) is 2.19. The molecule has 0 amide bonds. The summed E-state index contributed by atoms with van der Waals surface area (Å²) in [6, 6.07) is 3.71. The molecule has 0 unspecified atom stereocenters. The van der Waals surface area contributed by atoms with Gasteiger partial charge >= 0.3 is 5.97 Å². The highest BCUT2D eigenvalue weighted by Crippen LogP contribution is 2.27. The lowest BCUT2D eigenvalue weighted by Crippen LogP contribution is -2.05. The second-order valence-electron chi connectivity index (χ2n) is 4.14. The summed E-state index contributed by atoms with van der Waals surface area (Å²) in [5, 5.41) is 10.0. The largest absolute Gasteiger partial charge is 0.507 e. The van der Waals surface area contributed by atoms with Gasteiger partial charge in [-0.3, -0.25) is 0 Å². The second kappa shape index (κ2) is 6.28. The number of hydrogen-bond acceptors (Lipinski definition) is 3. The Hall–Kier alpha value is -1.51. The minimum absolute atomic E-state index is 0.0681. The molecule has 0 bridgehead atoms. The topological polar surface area (TPSA) is 46.5 Å². The first-order chi connectivity index (χ1) is 8.13. The third-order valence-electron chi connectivity index (χ3n) is 2.71. The summed E-state index contributed by atoms with van der Waals surface area (Å²) in [4.78, 5) is 11.6. The summed E-state index contributed by atoms with van der Waals surface area (Å²) < 4.78 is 4.68. The molecule has 3 nitrogen and oxygen atoms in total. The van der Waals surface area contributed by atoms with Crippen LogP contribution in [0.15, 0.2) is 12.1 Å². The first kappa shape index (κ1) is 13.6. The summed E-state index contributed by atoms with van der Waals surface area (Å²) in [5.74, 6) is -0.406. The SMILES string of the molecule is CCCc1cc(CCC)c(O)c(C(=O)OC)c1. The number of hydrogen-bond donors (Lipinski definition) is 1. The molecule has 0 heterocycles. The number of ether oxygens (including phenoxy) is 1. The van der Waals surface area contributed by atoms with Gasteiger partial charge < -0.3 is 9.84 Å². The van der Waals surface area contributed by atoms with Gasteiger partial charge in [-0.2, -0.15) is 0 Å². The van der Waals surface area contributed by atoms with Gasteiger partial charge in [0.2, 0.25) is 0 Å². The van der Waals surface area contributed by atoms with Crippen LogP contribution in [0.5, 0.6) is 5.75 Å². The molecule has 0 atom stereocenters. The van der Waals surface area contributed by atoms with Crippen molar-refractivity contribution in [3.05, 3.63) is 28.8 Å². The van der Waals surface area contributed by atoms with Gasteiger partial charge in [0.05, 0.1) is 7.11 Å². The van der Waals surface area contributed by atoms with Crippen LogP contribution in [0.3, 0.4) is 0 Å². The molecular weight excluding hydrogens is 216 g/mol. The van der Waals surface area contributed by atoms with E-state index in [2.05, 4.69) is 11.7 Å². The predicted octanol–water partition coefficient (Wildman–Crippen LogP) is 3.08. The van der Waals surface area contributed by atoms with Crippen LogP contribution in [-0.4, -0.2) is 18.2 Å². The number of aryl methyl sites for hydroxylation is 2. The van der Waals surface area contributed by atoms with E-state index in [-0.39, 0.29) is 11.3 Å². The van der Waals surface area contributed by atoms with Gasteiger partial charge in [-0.1, -0.05) is 32.8 Å².